The van der Waals surface area contributed by atoms with E-state index in [1.54, 1.807) is 7.11 Å². The fourth-order valence-electron chi connectivity index (χ4n) is 5.15. The van der Waals surface area contributed by atoms with Gasteiger partial charge in [0.2, 0.25) is 5.89 Å². The lowest BCUT2D eigenvalue weighted by Crippen LogP contribution is -2.30. The highest BCUT2D eigenvalue weighted by Gasteiger charge is 2.30. The molecule has 1 aromatic heterocycles. The van der Waals surface area contributed by atoms with E-state index in [1.165, 1.54) is 31.2 Å². The summed E-state index contributed by atoms with van der Waals surface area (Å²) >= 11 is 0. The van der Waals surface area contributed by atoms with Gasteiger partial charge in [-0.1, -0.05) is 60.5 Å². The van der Waals surface area contributed by atoms with Gasteiger partial charge in [-0.3, -0.25) is 0 Å². The van der Waals surface area contributed by atoms with E-state index >= 15 is 0 Å². The van der Waals surface area contributed by atoms with E-state index in [9.17, 15) is 0 Å². The van der Waals surface area contributed by atoms with Crippen LogP contribution < -0.4 is 4.74 Å². The molecule has 4 rings (SSSR count). The minimum absolute atomic E-state index is 0.508. The van der Waals surface area contributed by atoms with Crippen molar-refractivity contribution in [3.8, 4) is 5.75 Å². The number of benzene rings is 2. The van der Waals surface area contributed by atoms with Gasteiger partial charge < -0.3 is 14.2 Å². The lowest BCUT2D eigenvalue weighted by molar-refractivity contribution is 0.145. The third kappa shape index (κ3) is 5.77. The predicted molar refractivity (Wildman–Crippen MR) is 127 cm³/mol. The Morgan fingerprint density at radius 1 is 1.00 bits per heavy atom. The van der Waals surface area contributed by atoms with Gasteiger partial charge in [-0.2, -0.15) is 4.98 Å². The van der Waals surface area contributed by atoms with Crippen LogP contribution in [0.25, 0.3) is 0 Å². The standard InChI is InChI=1S/C27H35N3O2/c1-30(2)27(22-7-5-4-6-8-22)23-14-9-20(10-15-23)13-18-26-28-25(29-32-26)19-21-11-16-24(31-3)17-12-21/h4-8,11-12,16-17,20,23,27H,9-10,13-15,18-19H2,1-3H3. The van der Waals surface area contributed by atoms with E-state index < -0.39 is 0 Å². The summed E-state index contributed by atoms with van der Waals surface area (Å²) in [5.74, 6) is 3.86. The minimum Gasteiger partial charge on any atom is -0.497 e. The molecule has 0 bridgehead atoms. The number of hydrogen-bond donors (Lipinski definition) is 0. The fraction of sp³-hybridized carbons (Fsp3) is 0.481. The Bertz CT molecular complexity index is 945. The van der Waals surface area contributed by atoms with E-state index in [1.807, 2.05) is 24.3 Å². The summed E-state index contributed by atoms with van der Waals surface area (Å²) in [7, 11) is 6.10. The van der Waals surface area contributed by atoms with E-state index in [-0.39, 0.29) is 0 Å². The summed E-state index contributed by atoms with van der Waals surface area (Å²) in [6.45, 7) is 0. The van der Waals surface area contributed by atoms with Crippen LogP contribution >= 0.6 is 0 Å². The Kier molecular flexibility index (Phi) is 7.59. The number of aryl methyl sites for hydroxylation is 1. The normalized spacial score (nSPS) is 19.8. The lowest BCUT2D eigenvalue weighted by atomic mass is 9.75. The first-order chi connectivity index (χ1) is 15.6. The zero-order chi connectivity index (χ0) is 22.3. The number of ether oxygens (including phenoxy) is 1. The van der Waals surface area contributed by atoms with Gasteiger partial charge in [0.1, 0.15) is 5.75 Å². The molecule has 3 aromatic rings. The van der Waals surface area contributed by atoms with Crippen LogP contribution in [0.5, 0.6) is 5.75 Å². The van der Waals surface area contributed by atoms with Gasteiger partial charge in [-0.15, -0.1) is 0 Å². The number of nitrogens with zero attached hydrogens (tertiary/aromatic N) is 3. The lowest BCUT2D eigenvalue weighted by Gasteiger charge is -2.37. The Hall–Kier alpha value is -2.66. The number of rotatable bonds is 9. The maximum absolute atomic E-state index is 5.53. The molecule has 32 heavy (non-hydrogen) atoms. The highest BCUT2D eigenvalue weighted by Crippen LogP contribution is 2.40. The molecule has 1 unspecified atom stereocenters. The number of aromatic nitrogens is 2. The Morgan fingerprint density at radius 2 is 1.72 bits per heavy atom. The van der Waals surface area contributed by atoms with Crippen LogP contribution in [0.4, 0.5) is 0 Å². The average Bonchev–Trinajstić information content (AvgIpc) is 3.27. The van der Waals surface area contributed by atoms with Gasteiger partial charge >= 0.3 is 0 Å². The molecule has 0 amide bonds. The smallest absolute Gasteiger partial charge is 0.226 e. The minimum atomic E-state index is 0.508. The Labute approximate surface area is 191 Å². The maximum Gasteiger partial charge on any atom is 0.226 e. The second kappa shape index (κ2) is 10.8. The first kappa shape index (κ1) is 22.5. The van der Waals surface area contributed by atoms with Crippen LogP contribution in [0.3, 0.4) is 0 Å². The van der Waals surface area contributed by atoms with E-state index in [0.29, 0.717) is 12.5 Å². The molecule has 2 aromatic carbocycles. The summed E-state index contributed by atoms with van der Waals surface area (Å²) in [5, 5.41) is 4.18. The van der Waals surface area contributed by atoms with Crippen LogP contribution in [0.1, 0.15) is 61.0 Å². The molecular weight excluding hydrogens is 398 g/mol. The number of methoxy groups -OCH3 is 1. The monoisotopic (exact) mass is 433 g/mol. The summed E-state index contributed by atoms with van der Waals surface area (Å²) < 4.78 is 10.7. The Balaban J connectivity index is 1.25. The highest BCUT2D eigenvalue weighted by atomic mass is 16.5. The van der Waals surface area contributed by atoms with Gasteiger partial charge in [0.15, 0.2) is 5.82 Å². The molecule has 1 heterocycles. The van der Waals surface area contributed by atoms with Gasteiger partial charge in [0, 0.05) is 18.9 Å². The van der Waals surface area contributed by atoms with Gasteiger partial charge in [0.25, 0.3) is 0 Å². The molecular formula is C27H35N3O2. The van der Waals surface area contributed by atoms with Crippen LogP contribution in [0.2, 0.25) is 0 Å². The van der Waals surface area contributed by atoms with Gasteiger partial charge in [-0.25, -0.2) is 0 Å². The zero-order valence-corrected chi connectivity index (χ0v) is 19.5. The zero-order valence-electron chi connectivity index (χ0n) is 19.5. The average molecular weight is 434 g/mol. The van der Waals surface area contributed by atoms with Crippen molar-refractivity contribution in [2.75, 3.05) is 21.2 Å². The first-order valence-electron chi connectivity index (χ1n) is 11.8. The molecule has 170 valence electrons. The summed E-state index contributed by atoms with van der Waals surface area (Å²) in [6, 6.07) is 19.5. The van der Waals surface area contributed by atoms with Crippen LogP contribution in [0, 0.1) is 11.8 Å². The molecule has 0 aliphatic heterocycles. The quantitative estimate of drug-likeness (QED) is 0.432. The third-order valence-electron chi connectivity index (χ3n) is 6.83. The summed E-state index contributed by atoms with van der Waals surface area (Å²) in [4.78, 5) is 7.01. The van der Waals surface area contributed by atoms with Crippen LogP contribution in [-0.4, -0.2) is 36.2 Å². The predicted octanol–water partition coefficient (Wildman–Crippen LogP) is 5.71. The van der Waals surface area contributed by atoms with Gasteiger partial charge in [0.05, 0.1) is 7.11 Å². The molecule has 5 nitrogen and oxygen atoms in total. The molecule has 0 N–H and O–H groups in total. The number of hydrogen-bond acceptors (Lipinski definition) is 5. The summed E-state index contributed by atoms with van der Waals surface area (Å²) in [5.41, 5.74) is 2.60. The highest BCUT2D eigenvalue weighted by molar-refractivity contribution is 5.28. The SMILES string of the molecule is COc1ccc(Cc2noc(CCC3CCC(C(c4ccccc4)N(C)C)CC3)n2)cc1. The van der Waals surface area contributed by atoms with Crippen molar-refractivity contribution in [1.29, 1.82) is 0 Å². The van der Waals surface area contributed by atoms with Gasteiger partial charge in [-0.05, 0) is 68.5 Å². The molecule has 1 aliphatic carbocycles. The largest absolute Gasteiger partial charge is 0.497 e. The molecule has 0 radical (unpaired) electrons. The molecule has 0 saturated heterocycles. The molecule has 1 aliphatic rings. The van der Waals surface area contributed by atoms with Crippen molar-refractivity contribution < 1.29 is 9.26 Å². The topological polar surface area (TPSA) is 51.4 Å². The van der Waals surface area contributed by atoms with E-state index in [4.69, 9.17) is 9.26 Å². The molecule has 1 saturated carbocycles. The summed E-state index contributed by atoms with van der Waals surface area (Å²) in [6.07, 6.45) is 7.84. The maximum atomic E-state index is 5.53. The third-order valence-corrected chi connectivity index (χ3v) is 6.83. The second-order valence-corrected chi connectivity index (χ2v) is 9.27. The van der Waals surface area contributed by atoms with E-state index in [0.717, 1.165) is 47.7 Å². The van der Waals surface area contributed by atoms with Crippen molar-refractivity contribution in [3.05, 3.63) is 77.4 Å². The second-order valence-electron chi connectivity index (χ2n) is 9.27. The van der Waals surface area contributed by atoms with E-state index in [2.05, 4.69) is 59.5 Å². The van der Waals surface area contributed by atoms with Crippen molar-refractivity contribution in [3.63, 3.8) is 0 Å². The molecule has 1 fully saturated rings. The van der Waals surface area contributed by atoms with Crippen LogP contribution in [0.15, 0.2) is 59.1 Å². The van der Waals surface area contributed by atoms with Crippen molar-refractivity contribution >= 4 is 0 Å². The fourth-order valence-corrected chi connectivity index (χ4v) is 5.15. The molecule has 5 heteroatoms. The first-order valence-corrected chi connectivity index (χ1v) is 11.8. The molecule has 0 spiro atoms. The van der Waals surface area contributed by atoms with Crippen molar-refractivity contribution in [2.24, 2.45) is 11.8 Å². The van der Waals surface area contributed by atoms with Crippen molar-refractivity contribution in [2.45, 2.75) is 51.0 Å². The Morgan fingerprint density at radius 3 is 2.38 bits per heavy atom. The molecule has 1 atom stereocenters. The van der Waals surface area contributed by atoms with Crippen LogP contribution in [-0.2, 0) is 12.8 Å². The van der Waals surface area contributed by atoms with Crippen molar-refractivity contribution in [1.82, 2.24) is 15.0 Å².